The third kappa shape index (κ3) is 4.41. The summed E-state index contributed by atoms with van der Waals surface area (Å²) in [5.74, 6) is -1.23. The van der Waals surface area contributed by atoms with Crippen LogP contribution in [-0.2, 0) is 9.59 Å². The van der Waals surface area contributed by atoms with Crippen molar-refractivity contribution in [2.24, 2.45) is 5.41 Å². The lowest BCUT2D eigenvalue weighted by Crippen LogP contribution is -2.38. The van der Waals surface area contributed by atoms with Crippen LogP contribution in [0.2, 0.25) is 0 Å². The van der Waals surface area contributed by atoms with Crippen molar-refractivity contribution in [3.63, 3.8) is 0 Å². The Morgan fingerprint density at radius 3 is 2.44 bits per heavy atom. The zero-order valence-corrected chi connectivity index (χ0v) is 10.5. The summed E-state index contributed by atoms with van der Waals surface area (Å²) in [7, 11) is 0. The molecule has 0 unspecified atom stereocenters. The number of carbonyl (C=O) groups excluding carboxylic acids is 1. The molecule has 0 saturated heterocycles. The molecule has 0 radical (unpaired) electrons. The molecule has 18 heavy (non-hydrogen) atoms. The summed E-state index contributed by atoms with van der Waals surface area (Å²) < 4.78 is 0. The van der Waals surface area contributed by atoms with Gasteiger partial charge in [0.25, 0.3) is 0 Å². The number of carboxylic acid groups (broad SMARTS) is 1. The van der Waals surface area contributed by atoms with Gasteiger partial charge in [0.1, 0.15) is 0 Å². The molecule has 0 saturated carbocycles. The molecule has 0 aliphatic rings. The smallest absolute Gasteiger partial charge is 0.310 e. The molecule has 0 bridgehead atoms. The number of hydrogen-bond donors (Lipinski definition) is 2. The van der Waals surface area contributed by atoms with Gasteiger partial charge in [-0.05, 0) is 25.5 Å². The van der Waals surface area contributed by atoms with E-state index in [9.17, 15) is 9.59 Å². The minimum Gasteiger partial charge on any atom is -0.481 e. The zero-order valence-electron chi connectivity index (χ0n) is 10.5. The van der Waals surface area contributed by atoms with Crippen molar-refractivity contribution in [3.05, 3.63) is 42.0 Å². The van der Waals surface area contributed by atoms with Gasteiger partial charge < -0.3 is 10.4 Å². The van der Waals surface area contributed by atoms with Crippen LogP contribution in [0.1, 0.15) is 19.4 Å². The van der Waals surface area contributed by atoms with Gasteiger partial charge in [-0.15, -0.1) is 0 Å². The van der Waals surface area contributed by atoms with Crippen LogP contribution in [0.4, 0.5) is 0 Å². The molecule has 0 atom stereocenters. The highest BCUT2D eigenvalue weighted by atomic mass is 16.4. The van der Waals surface area contributed by atoms with Crippen molar-refractivity contribution in [2.75, 3.05) is 6.54 Å². The van der Waals surface area contributed by atoms with Gasteiger partial charge in [-0.1, -0.05) is 30.3 Å². The molecule has 1 amide bonds. The fourth-order valence-corrected chi connectivity index (χ4v) is 1.18. The molecule has 1 aromatic carbocycles. The van der Waals surface area contributed by atoms with Gasteiger partial charge in [-0.2, -0.15) is 0 Å². The summed E-state index contributed by atoms with van der Waals surface area (Å²) in [6.45, 7) is 3.23. The Morgan fingerprint density at radius 1 is 1.28 bits per heavy atom. The molecule has 2 N–H and O–H groups in total. The fraction of sp³-hybridized carbons (Fsp3) is 0.286. The number of carbonyl (C=O) groups is 2. The lowest BCUT2D eigenvalue weighted by atomic mass is 9.94. The number of carboxylic acids is 1. The first kappa shape index (κ1) is 14.0. The van der Waals surface area contributed by atoms with Gasteiger partial charge >= 0.3 is 5.97 Å². The largest absolute Gasteiger partial charge is 0.481 e. The molecular formula is C14H17NO3. The number of nitrogens with one attached hydrogen (secondary N) is 1. The SMILES string of the molecule is CC(C)(CNC(=O)/C=C/c1ccccc1)C(=O)O. The molecular weight excluding hydrogens is 230 g/mol. The maximum atomic E-state index is 11.5. The van der Waals surface area contributed by atoms with Crippen LogP contribution in [0.25, 0.3) is 6.08 Å². The van der Waals surface area contributed by atoms with E-state index in [1.807, 2.05) is 30.3 Å². The number of rotatable bonds is 5. The van der Waals surface area contributed by atoms with Crippen LogP contribution >= 0.6 is 0 Å². The van der Waals surface area contributed by atoms with Crippen molar-refractivity contribution in [1.29, 1.82) is 0 Å². The number of amides is 1. The van der Waals surface area contributed by atoms with Crippen LogP contribution < -0.4 is 5.32 Å². The molecule has 0 aliphatic heterocycles. The molecule has 0 aromatic heterocycles. The number of benzene rings is 1. The van der Waals surface area contributed by atoms with Gasteiger partial charge in [0.15, 0.2) is 0 Å². The summed E-state index contributed by atoms with van der Waals surface area (Å²) >= 11 is 0. The van der Waals surface area contributed by atoms with E-state index in [4.69, 9.17) is 5.11 Å². The Bertz CT molecular complexity index is 449. The maximum Gasteiger partial charge on any atom is 0.310 e. The summed E-state index contributed by atoms with van der Waals surface area (Å²) in [6.07, 6.45) is 3.08. The first-order valence-electron chi connectivity index (χ1n) is 5.66. The topological polar surface area (TPSA) is 66.4 Å². The highest BCUT2D eigenvalue weighted by Gasteiger charge is 2.27. The Balaban J connectivity index is 2.48. The van der Waals surface area contributed by atoms with Crippen LogP contribution in [0.5, 0.6) is 0 Å². The summed E-state index contributed by atoms with van der Waals surface area (Å²) in [4.78, 5) is 22.3. The third-order valence-corrected chi connectivity index (χ3v) is 2.51. The van der Waals surface area contributed by atoms with Gasteiger partial charge in [-0.3, -0.25) is 9.59 Å². The van der Waals surface area contributed by atoms with E-state index in [0.29, 0.717) is 0 Å². The molecule has 1 aromatic rings. The van der Waals surface area contributed by atoms with Gasteiger partial charge in [0, 0.05) is 12.6 Å². The van der Waals surface area contributed by atoms with Crippen molar-refractivity contribution >= 4 is 18.0 Å². The predicted molar refractivity (Wildman–Crippen MR) is 69.9 cm³/mol. The molecule has 0 heterocycles. The Morgan fingerprint density at radius 2 is 1.89 bits per heavy atom. The van der Waals surface area contributed by atoms with Crippen molar-refractivity contribution in [3.8, 4) is 0 Å². The van der Waals surface area contributed by atoms with Gasteiger partial charge in [-0.25, -0.2) is 0 Å². The normalized spacial score (nSPS) is 11.4. The highest BCUT2D eigenvalue weighted by Crippen LogP contribution is 2.12. The second-order valence-electron chi connectivity index (χ2n) is 4.65. The van der Waals surface area contributed by atoms with Crippen LogP contribution in [-0.4, -0.2) is 23.5 Å². The quantitative estimate of drug-likeness (QED) is 0.781. The summed E-state index contributed by atoms with van der Waals surface area (Å²) in [5, 5.41) is 11.5. The standard InChI is InChI=1S/C14H17NO3/c1-14(2,13(17)18)10-15-12(16)9-8-11-6-4-3-5-7-11/h3-9H,10H2,1-2H3,(H,15,16)(H,17,18)/b9-8+. The van der Waals surface area contributed by atoms with Crippen LogP contribution in [0.3, 0.4) is 0 Å². The third-order valence-electron chi connectivity index (χ3n) is 2.51. The lowest BCUT2D eigenvalue weighted by molar-refractivity contribution is -0.146. The maximum absolute atomic E-state index is 11.5. The second-order valence-corrected chi connectivity index (χ2v) is 4.65. The summed E-state index contributed by atoms with van der Waals surface area (Å²) in [5.41, 5.74) is -0.0406. The van der Waals surface area contributed by atoms with Crippen LogP contribution in [0.15, 0.2) is 36.4 Å². The van der Waals surface area contributed by atoms with Crippen LogP contribution in [0, 0.1) is 5.41 Å². The van der Waals surface area contributed by atoms with E-state index in [0.717, 1.165) is 5.56 Å². The predicted octanol–water partition coefficient (Wildman–Crippen LogP) is 1.93. The fourth-order valence-electron chi connectivity index (χ4n) is 1.18. The molecule has 96 valence electrons. The minimum absolute atomic E-state index is 0.0975. The Hall–Kier alpha value is -2.10. The molecule has 0 aliphatic carbocycles. The van der Waals surface area contributed by atoms with Crippen molar-refractivity contribution in [1.82, 2.24) is 5.32 Å². The Kier molecular flexibility index (Phi) is 4.66. The number of aliphatic carboxylic acids is 1. The number of hydrogen-bond acceptors (Lipinski definition) is 2. The van der Waals surface area contributed by atoms with E-state index >= 15 is 0 Å². The lowest BCUT2D eigenvalue weighted by Gasteiger charge is -2.18. The van der Waals surface area contributed by atoms with E-state index in [-0.39, 0.29) is 12.5 Å². The van der Waals surface area contributed by atoms with E-state index in [1.165, 1.54) is 6.08 Å². The molecule has 4 heteroatoms. The molecule has 1 rings (SSSR count). The highest BCUT2D eigenvalue weighted by molar-refractivity contribution is 5.92. The molecule has 0 fully saturated rings. The van der Waals surface area contributed by atoms with Gasteiger partial charge in [0.05, 0.1) is 5.41 Å². The average Bonchev–Trinajstić information content (AvgIpc) is 2.35. The van der Waals surface area contributed by atoms with Crippen molar-refractivity contribution in [2.45, 2.75) is 13.8 Å². The molecule has 4 nitrogen and oxygen atoms in total. The average molecular weight is 247 g/mol. The van der Waals surface area contributed by atoms with E-state index in [1.54, 1.807) is 19.9 Å². The summed E-state index contributed by atoms with van der Waals surface area (Å²) in [6, 6.07) is 9.42. The second kappa shape index (κ2) is 6.00. The van der Waals surface area contributed by atoms with E-state index < -0.39 is 11.4 Å². The van der Waals surface area contributed by atoms with E-state index in [2.05, 4.69) is 5.32 Å². The monoisotopic (exact) mass is 247 g/mol. The van der Waals surface area contributed by atoms with Crippen molar-refractivity contribution < 1.29 is 14.7 Å². The first-order chi connectivity index (χ1) is 8.42. The minimum atomic E-state index is -0.962. The molecule has 0 spiro atoms. The Labute approximate surface area is 106 Å². The van der Waals surface area contributed by atoms with Gasteiger partial charge in [0.2, 0.25) is 5.91 Å². The zero-order chi connectivity index (χ0) is 13.6. The first-order valence-corrected chi connectivity index (χ1v) is 5.66.